The van der Waals surface area contributed by atoms with Crippen molar-refractivity contribution in [3.8, 4) is 0 Å². The van der Waals surface area contributed by atoms with E-state index in [2.05, 4.69) is 33.0 Å². The lowest BCUT2D eigenvalue weighted by Crippen LogP contribution is -2.31. The summed E-state index contributed by atoms with van der Waals surface area (Å²) in [7, 11) is 0. The van der Waals surface area contributed by atoms with E-state index in [9.17, 15) is 4.79 Å². The molecule has 1 unspecified atom stereocenters. The van der Waals surface area contributed by atoms with Gasteiger partial charge in [0.15, 0.2) is 0 Å². The minimum absolute atomic E-state index is 0.0349. The van der Waals surface area contributed by atoms with Gasteiger partial charge in [-0.05, 0) is 24.7 Å². The van der Waals surface area contributed by atoms with Crippen molar-refractivity contribution >= 4 is 5.91 Å². The van der Waals surface area contributed by atoms with Crippen molar-refractivity contribution in [3.63, 3.8) is 0 Å². The molecule has 1 amide bonds. The van der Waals surface area contributed by atoms with Gasteiger partial charge in [0.2, 0.25) is 5.91 Å². The van der Waals surface area contributed by atoms with Gasteiger partial charge in [0, 0.05) is 13.0 Å². The van der Waals surface area contributed by atoms with Gasteiger partial charge in [-0.1, -0.05) is 27.7 Å². The van der Waals surface area contributed by atoms with Gasteiger partial charge in [-0.15, -0.1) is 0 Å². The maximum absolute atomic E-state index is 11.4. The zero-order valence-electron chi connectivity index (χ0n) is 10.6. The van der Waals surface area contributed by atoms with Crippen molar-refractivity contribution in [2.24, 2.45) is 11.3 Å². The summed E-state index contributed by atoms with van der Waals surface area (Å²) in [4.78, 5) is 11.4. The molecule has 0 radical (unpaired) electrons. The molecule has 0 saturated carbocycles. The van der Waals surface area contributed by atoms with Crippen LogP contribution in [-0.4, -0.2) is 23.7 Å². The van der Waals surface area contributed by atoms with Crippen LogP contribution in [0.2, 0.25) is 0 Å². The first kappa shape index (κ1) is 14.4. The fraction of sp³-hybridized carbons (Fsp3) is 0.917. The van der Waals surface area contributed by atoms with E-state index in [1.165, 1.54) is 0 Å². The van der Waals surface area contributed by atoms with Gasteiger partial charge in [0.25, 0.3) is 0 Å². The molecule has 0 aromatic heterocycles. The largest absolute Gasteiger partial charge is 0.392 e. The number of carbonyl (C=O) groups excluding carboxylic acids is 1. The Kier molecular flexibility index (Phi) is 5.88. The lowest BCUT2D eigenvalue weighted by Gasteiger charge is -2.22. The van der Waals surface area contributed by atoms with Crippen LogP contribution in [0.3, 0.4) is 0 Å². The van der Waals surface area contributed by atoms with Gasteiger partial charge in [0.05, 0.1) is 6.10 Å². The number of rotatable bonds is 5. The maximum atomic E-state index is 11.4. The van der Waals surface area contributed by atoms with Crippen LogP contribution in [0.5, 0.6) is 0 Å². The highest BCUT2D eigenvalue weighted by Crippen LogP contribution is 2.25. The molecule has 3 heteroatoms. The predicted octanol–water partition coefficient (Wildman–Crippen LogP) is 1.95. The van der Waals surface area contributed by atoms with E-state index >= 15 is 0 Å². The Morgan fingerprint density at radius 1 is 1.33 bits per heavy atom. The third-order valence-corrected chi connectivity index (χ3v) is 2.09. The summed E-state index contributed by atoms with van der Waals surface area (Å²) in [5.41, 5.74) is 0.268. The Hall–Kier alpha value is -0.570. The third kappa shape index (κ3) is 9.73. The van der Waals surface area contributed by atoms with Crippen LogP contribution in [0.15, 0.2) is 0 Å². The van der Waals surface area contributed by atoms with Crippen LogP contribution in [0.25, 0.3) is 0 Å². The topological polar surface area (TPSA) is 49.3 Å². The van der Waals surface area contributed by atoms with Crippen molar-refractivity contribution in [2.45, 2.75) is 53.6 Å². The first-order chi connectivity index (χ1) is 6.70. The maximum Gasteiger partial charge on any atom is 0.220 e. The van der Waals surface area contributed by atoms with Crippen molar-refractivity contribution in [1.29, 1.82) is 0 Å². The molecular weight excluding hydrogens is 190 g/mol. The summed E-state index contributed by atoms with van der Waals surface area (Å²) >= 11 is 0. The molecule has 0 aliphatic rings. The molecular formula is C12H25NO2. The Bertz CT molecular complexity index is 194. The molecule has 15 heavy (non-hydrogen) atoms. The summed E-state index contributed by atoms with van der Waals surface area (Å²) in [6.45, 7) is 10.6. The molecule has 0 aromatic rings. The average Bonchev–Trinajstić information content (AvgIpc) is 1.96. The van der Waals surface area contributed by atoms with Crippen LogP contribution >= 0.6 is 0 Å². The molecule has 0 fully saturated rings. The molecule has 0 spiro atoms. The molecule has 0 aliphatic heterocycles. The standard InChI is InChI=1S/C12H25NO2/c1-9(7-12(3,4)5)6-11(15)13-8-10(2)14/h9-10,14H,6-8H2,1-5H3,(H,13,15)/t9?,10-/m1/s1. The van der Waals surface area contributed by atoms with Gasteiger partial charge < -0.3 is 10.4 Å². The number of amides is 1. The summed E-state index contributed by atoms with van der Waals surface area (Å²) in [6.07, 6.45) is 1.12. The highest BCUT2D eigenvalue weighted by Gasteiger charge is 2.17. The van der Waals surface area contributed by atoms with E-state index in [4.69, 9.17) is 5.11 Å². The average molecular weight is 215 g/mol. The molecule has 2 N–H and O–H groups in total. The first-order valence-corrected chi connectivity index (χ1v) is 5.65. The van der Waals surface area contributed by atoms with Crippen LogP contribution in [0.1, 0.15) is 47.5 Å². The van der Waals surface area contributed by atoms with E-state index in [1.807, 2.05) is 0 Å². The lowest BCUT2D eigenvalue weighted by molar-refractivity contribution is -0.122. The van der Waals surface area contributed by atoms with Crippen molar-refractivity contribution in [3.05, 3.63) is 0 Å². The van der Waals surface area contributed by atoms with Gasteiger partial charge in [0.1, 0.15) is 0 Å². The second kappa shape index (κ2) is 6.11. The van der Waals surface area contributed by atoms with Gasteiger partial charge >= 0.3 is 0 Å². The molecule has 3 nitrogen and oxygen atoms in total. The van der Waals surface area contributed by atoms with Gasteiger partial charge in [-0.2, -0.15) is 0 Å². The van der Waals surface area contributed by atoms with Crippen LogP contribution in [0.4, 0.5) is 0 Å². The van der Waals surface area contributed by atoms with E-state index in [0.717, 1.165) is 6.42 Å². The molecule has 2 atom stereocenters. The number of hydrogen-bond donors (Lipinski definition) is 2. The van der Waals surface area contributed by atoms with Crippen molar-refractivity contribution in [2.75, 3.05) is 6.54 Å². The third-order valence-electron chi connectivity index (χ3n) is 2.09. The van der Waals surface area contributed by atoms with Crippen LogP contribution < -0.4 is 5.32 Å². The zero-order chi connectivity index (χ0) is 12.1. The molecule has 0 aliphatic carbocycles. The Morgan fingerprint density at radius 2 is 1.87 bits per heavy atom. The smallest absolute Gasteiger partial charge is 0.220 e. The zero-order valence-corrected chi connectivity index (χ0v) is 10.6. The minimum atomic E-state index is -0.466. The number of aliphatic hydroxyl groups excluding tert-OH is 1. The molecule has 0 bridgehead atoms. The Balaban J connectivity index is 3.77. The summed E-state index contributed by atoms with van der Waals surface area (Å²) in [5.74, 6) is 0.423. The molecule has 0 saturated heterocycles. The molecule has 90 valence electrons. The second-order valence-corrected chi connectivity index (χ2v) is 5.73. The summed E-state index contributed by atoms with van der Waals surface area (Å²) in [6, 6.07) is 0. The quantitative estimate of drug-likeness (QED) is 0.736. The summed E-state index contributed by atoms with van der Waals surface area (Å²) in [5, 5.41) is 11.7. The highest BCUT2D eigenvalue weighted by molar-refractivity contribution is 5.76. The van der Waals surface area contributed by atoms with Crippen molar-refractivity contribution < 1.29 is 9.90 Å². The minimum Gasteiger partial charge on any atom is -0.392 e. The van der Waals surface area contributed by atoms with E-state index < -0.39 is 6.10 Å². The van der Waals surface area contributed by atoms with E-state index in [0.29, 0.717) is 18.9 Å². The van der Waals surface area contributed by atoms with E-state index in [1.54, 1.807) is 6.92 Å². The SMILES string of the molecule is CC(CC(=O)NC[C@@H](C)O)CC(C)(C)C. The van der Waals surface area contributed by atoms with Crippen molar-refractivity contribution in [1.82, 2.24) is 5.32 Å². The number of nitrogens with one attached hydrogen (secondary N) is 1. The highest BCUT2D eigenvalue weighted by atomic mass is 16.3. The van der Waals surface area contributed by atoms with Gasteiger partial charge in [-0.25, -0.2) is 0 Å². The summed E-state index contributed by atoms with van der Waals surface area (Å²) < 4.78 is 0. The molecule has 0 aromatic carbocycles. The molecule has 0 heterocycles. The first-order valence-electron chi connectivity index (χ1n) is 5.65. The lowest BCUT2D eigenvalue weighted by atomic mass is 9.84. The number of hydrogen-bond acceptors (Lipinski definition) is 2. The number of carbonyl (C=O) groups is 1. The Labute approximate surface area is 93.3 Å². The predicted molar refractivity (Wildman–Crippen MR) is 62.5 cm³/mol. The second-order valence-electron chi connectivity index (χ2n) is 5.73. The van der Waals surface area contributed by atoms with Crippen LogP contribution in [-0.2, 0) is 4.79 Å². The van der Waals surface area contributed by atoms with Gasteiger partial charge in [-0.3, -0.25) is 4.79 Å². The Morgan fingerprint density at radius 3 is 2.27 bits per heavy atom. The van der Waals surface area contributed by atoms with Crippen LogP contribution in [0, 0.1) is 11.3 Å². The fourth-order valence-electron chi connectivity index (χ4n) is 1.77. The normalized spacial score (nSPS) is 15.9. The number of aliphatic hydroxyl groups is 1. The fourth-order valence-corrected chi connectivity index (χ4v) is 1.77. The molecule has 0 rings (SSSR count). The monoisotopic (exact) mass is 215 g/mol. The van der Waals surface area contributed by atoms with E-state index in [-0.39, 0.29) is 11.3 Å².